The van der Waals surface area contributed by atoms with Crippen LogP contribution in [0.5, 0.6) is 0 Å². The maximum absolute atomic E-state index is 11.4. The molecule has 6 heteroatoms. The highest BCUT2D eigenvalue weighted by molar-refractivity contribution is 5.77. The largest absolute Gasteiger partial charge is 0.463 e. The Morgan fingerprint density at radius 3 is 2.25 bits per heavy atom. The summed E-state index contributed by atoms with van der Waals surface area (Å²) in [5.41, 5.74) is 0.870. The van der Waals surface area contributed by atoms with E-state index in [1.54, 1.807) is 0 Å². The Morgan fingerprint density at radius 2 is 1.65 bits per heavy atom. The van der Waals surface area contributed by atoms with Crippen LogP contribution in [0.15, 0.2) is 30.3 Å². The average molecular weight is 282 g/mol. The van der Waals surface area contributed by atoms with E-state index in [-0.39, 0.29) is 26.1 Å². The molecule has 0 aliphatic rings. The van der Waals surface area contributed by atoms with E-state index >= 15 is 0 Å². The summed E-state index contributed by atoms with van der Waals surface area (Å²) in [6.45, 7) is -0.598. The van der Waals surface area contributed by atoms with Crippen molar-refractivity contribution in [1.29, 1.82) is 0 Å². The third-order valence-electron chi connectivity index (χ3n) is 2.42. The minimum absolute atomic E-state index is 0.0825. The van der Waals surface area contributed by atoms with E-state index in [2.05, 4.69) is 4.74 Å². The van der Waals surface area contributed by atoms with Crippen molar-refractivity contribution in [2.75, 3.05) is 13.2 Å². The van der Waals surface area contributed by atoms with Crippen molar-refractivity contribution >= 4 is 11.9 Å². The third-order valence-corrected chi connectivity index (χ3v) is 2.42. The summed E-state index contributed by atoms with van der Waals surface area (Å²) in [6, 6.07) is 9.21. The number of ether oxygens (including phenoxy) is 2. The Kier molecular flexibility index (Phi) is 7.31. The summed E-state index contributed by atoms with van der Waals surface area (Å²) in [7, 11) is 0. The number of aliphatic hydroxyl groups excluding tert-OH is 2. The molecule has 6 nitrogen and oxygen atoms in total. The van der Waals surface area contributed by atoms with Crippen LogP contribution in [0.2, 0.25) is 0 Å². The molecule has 0 fully saturated rings. The van der Waals surface area contributed by atoms with Gasteiger partial charge in [0.2, 0.25) is 0 Å². The van der Waals surface area contributed by atoms with E-state index < -0.39 is 24.6 Å². The topological polar surface area (TPSA) is 93.1 Å². The smallest absolute Gasteiger partial charge is 0.306 e. The number of esters is 2. The van der Waals surface area contributed by atoms with Crippen LogP contribution in [0.4, 0.5) is 0 Å². The molecule has 0 saturated carbocycles. The van der Waals surface area contributed by atoms with Gasteiger partial charge in [0.15, 0.2) is 0 Å². The Balaban J connectivity index is 2.15. The summed E-state index contributed by atoms with van der Waals surface area (Å²) in [6.07, 6.45) is -1.30. The Morgan fingerprint density at radius 1 is 1.05 bits per heavy atom. The SMILES string of the molecule is O=C(CCC(=O)OC[C@H](O)CO)OCc1ccccc1. The highest BCUT2D eigenvalue weighted by atomic mass is 16.5. The van der Waals surface area contributed by atoms with Gasteiger partial charge in [-0.25, -0.2) is 0 Å². The first kappa shape index (κ1) is 16.1. The lowest BCUT2D eigenvalue weighted by Crippen LogP contribution is -2.22. The molecule has 20 heavy (non-hydrogen) atoms. The van der Waals surface area contributed by atoms with E-state index in [0.29, 0.717) is 0 Å². The molecule has 0 radical (unpaired) electrons. The van der Waals surface area contributed by atoms with Gasteiger partial charge in [-0.15, -0.1) is 0 Å². The maximum Gasteiger partial charge on any atom is 0.306 e. The predicted molar refractivity (Wildman–Crippen MR) is 69.5 cm³/mol. The van der Waals surface area contributed by atoms with Crippen LogP contribution in [-0.2, 0) is 25.7 Å². The van der Waals surface area contributed by atoms with Crippen LogP contribution in [0.1, 0.15) is 18.4 Å². The monoisotopic (exact) mass is 282 g/mol. The second-order valence-corrected chi connectivity index (χ2v) is 4.17. The van der Waals surface area contributed by atoms with Crippen LogP contribution >= 0.6 is 0 Å². The van der Waals surface area contributed by atoms with Crippen LogP contribution < -0.4 is 0 Å². The molecule has 1 aromatic carbocycles. The van der Waals surface area contributed by atoms with Crippen molar-refractivity contribution in [3.63, 3.8) is 0 Å². The van der Waals surface area contributed by atoms with Gasteiger partial charge in [0, 0.05) is 0 Å². The number of carbonyl (C=O) groups is 2. The van der Waals surface area contributed by atoms with E-state index in [0.717, 1.165) is 5.56 Å². The van der Waals surface area contributed by atoms with Crippen molar-refractivity contribution < 1.29 is 29.3 Å². The first-order chi connectivity index (χ1) is 9.61. The van der Waals surface area contributed by atoms with Crippen LogP contribution in [0.25, 0.3) is 0 Å². The lowest BCUT2D eigenvalue weighted by Gasteiger charge is -2.08. The molecule has 2 N–H and O–H groups in total. The average Bonchev–Trinajstić information content (AvgIpc) is 2.49. The van der Waals surface area contributed by atoms with Gasteiger partial charge in [0.1, 0.15) is 19.3 Å². The van der Waals surface area contributed by atoms with E-state index in [4.69, 9.17) is 14.9 Å². The summed E-state index contributed by atoms with van der Waals surface area (Å²) in [5.74, 6) is -1.11. The van der Waals surface area contributed by atoms with Crippen molar-refractivity contribution in [1.82, 2.24) is 0 Å². The molecule has 0 heterocycles. The molecule has 1 rings (SSSR count). The van der Waals surface area contributed by atoms with E-state index in [1.807, 2.05) is 30.3 Å². The summed E-state index contributed by atoms with van der Waals surface area (Å²) in [4.78, 5) is 22.6. The van der Waals surface area contributed by atoms with Gasteiger partial charge in [-0.2, -0.15) is 0 Å². The number of hydrogen-bond acceptors (Lipinski definition) is 6. The fourth-order valence-corrected chi connectivity index (χ4v) is 1.33. The lowest BCUT2D eigenvalue weighted by molar-refractivity contribution is -0.153. The Labute approximate surface area is 116 Å². The lowest BCUT2D eigenvalue weighted by atomic mass is 10.2. The number of aliphatic hydroxyl groups is 2. The van der Waals surface area contributed by atoms with E-state index in [1.165, 1.54) is 0 Å². The predicted octanol–water partition coefficient (Wildman–Crippen LogP) is 0.406. The van der Waals surface area contributed by atoms with Crippen molar-refractivity contribution in [3.05, 3.63) is 35.9 Å². The molecule has 1 atom stereocenters. The first-order valence-corrected chi connectivity index (χ1v) is 6.26. The molecule has 0 aliphatic heterocycles. The Hall–Kier alpha value is -1.92. The quantitative estimate of drug-likeness (QED) is 0.671. The second-order valence-electron chi connectivity index (χ2n) is 4.17. The van der Waals surface area contributed by atoms with Gasteiger partial charge in [-0.3, -0.25) is 9.59 Å². The van der Waals surface area contributed by atoms with Gasteiger partial charge in [-0.1, -0.05) is 30.3 Å². The molecular weight excluding hydrogens is 264 g/mol. The minimum Gasteiger partial charge on any atom is -0.463 e. The molecule has 0 aromatic heterocycles. The first-order valence-electron chi connectivity index (χ1n) is 6.26. The van der Waals surface area contributed by atoms with Gasteiger partial charge in [-0.05, 0) is 5.56 Å². The second kappa shape index (κ2) is 9.06. The van der Waals surface area contributed by atoms with Gasteiger partial charge >= 0.3 is 11.9 Å². The normalized spacial score (nSPS) is 11.7. The van der Waals surface area contributed by atoms with Crippen molar-refractivity contribution in [2.45, 2.75) is 25.6 Å². The fourth-order valence-electron chi connectivity index (χ4n) is 1.33. The molecule has 0 unspecified atom stereocenters. The molecular formula is C14H18O6. The zero-order valence-electron chi connectivity index (χ0n) is 11.0. The number of benzene rings is 1. The molecule has 0 spiro atoms. The molecule has 0 bridgehead atoms. The summed E-state index contributed by atoms with van der Waals surface area (Å²) >= 11 is 0. The van der Waals surface area contributed by atoms with Gasteiger partial charge < -0.3 is 19.7 Å². The van der Waals surface area contributed by atoms with Crippen molar-refractivity contribution in [2.24, 2.45) is 0 Å². The third kappa shape index (κ3) is 6.86. The van der Waals surface area contributed by atoms with Crippen molar-refractivity contribution in [3.8, 4) is 0 Å². The molecule has 1 aromatic rings. The zero-order chi connectivity index (χ0) is 14.8. The highest BCUT2D eigenvalue weighted by Gasteiger charge is 2.11. The highest BCUT2D eigenvalue weighted by Crippen LogP contribution is 2.03. The Bertz CT molecular complexity index is 417. The number of carbonyl (C=O) groups excluding carboxylic acids is 2. The minimum atomic E-state index is -1.09. The molecule has 0 saturated heterocycles. The standard InChI is InChI=1S/C14H18O6/c15-8-12(16)10-20-14(18)7-6-13(17)19-9-11-4-2-1-3-5-11/h1-5,12,15-16H,6-10H2/t12-/m1/s1. The number of rotatable bonds is 8. The zero-order valence-corrected chi connectivity index (χ0v) is 11.0. The molecule has 110 valence electrons. The van der Waals surface area contributed by atoms with Crippen LogP contribution in [-0.4, -0.2) is 41.5 Å². The number of hydrogen-bond donors (Lipinski definition) is 2. The summed E-state index contributed by atoms with van der Waals surface area (Å²) in [5, 5.41) is 17.5. The fraction of sp³-hybridized carbons (Fsp3) is 0.429. The van der Waals surface area contributed by atoms with Crippen LogP contribution in [0, 0.1) is 0 Å². The summed E-state index contributed by atoms with van der Waals surface area (Å²) < 4.78 is 9.64. The van der Waals surface area contributed by atoms with Gasteiger partial charge in [0.05, 0.1) is 19.4 Å². The molecule has 0 aliphatic carbocycles. The molecule has 0 amide bonds. The van der Waals surface area contributed by atoms with Crippen LogP contribution in [0.3, 0.4) is 0 Å². The maximum atomic E-state index is 11.4. The van der Waals surface area contributed by atoms with Gasteiger partial charge in [0.25, 0.3) is 0 Å². The van der Waals surface area contributed by atoms with E-state index in [9.17, 15) is 9.59 Å².